The highest BCUT2D eigenvalue weighted by Gasteiger charge is 2.58. The Kier molecular flexibility index (Phi) is 8.88. The Hall–Kier alpha value is -3.18. The predicted octanol–water partition coefficient (Wildman–Crippen LogP) is 3.32. The van der Waals surface area contributed by atoms with E-state index in [1.54, 1.807) is 45.0 Å². The number of hydrogen-bond donors (Lipinski definition) is 2. The van der Waals surface area contributed by atoms with Gasteiger partial charge in [-0.25, -0.2) is 4.79 Å². The number of ether oxygens (including phenoxy) is 5. The summed E-state index contributed by atoms with van der Waals surface area (Å²) in [7, 11) is 1.53. The summed E-state index contributed by atoms with van der Waals surface area (Å²) in [6.07, 6.45) is -2.85. The number of urea groups is 1. The van der Waals surface area contributed by atoms with Crippen LogP contribution < -0.4 is 5.32 Å². The maximum absolute atomic E-state index is 13.7. The van der Waals surface area contributed by atoms with E-state index in [0.717, 1.165) is 5.56 Å². The molecule has 2 amide bonds. The molecule has 2 aromatic carbocycles. The first-order chi connectivity index (χ1) is 18.2. The molecule has 2 heterocycles. The van der Waals surface area contributed by atoms with Gasteiger partial charge in [-0.3, -0.25) is 4.79 Å². The monoisotopic (exact) mass is 528 g/mol. The Balaban J connectivity index is 1.66. The molecule has 2 aliphatic rings. The van der Waals surface area contributed by atoms with Crippen molar-refractivity contribution in [3.05, 3.63) is 65.7 Å². The first-order valence-corrected chi connectivity index (χ1v) is 12.8. The molecule has 38 heavy (non-hydrogen) atoms. The second-order valence-corrected chi connectivity index (χ2v) is 9.75. The second-order valence-electron chi connectivity index (χ2n) is 9.75. The number of benzene rings is 2. The van der Waals surface area contributed by atoms with Crippen molar-refractivity contribution in [1.82, 2.24) is 10.2 Å². The van der Waals surface area contributed by atoms with Crippen LogP contribution >= 0.6 is 0 Å². The van der Waals surface area contributed by atoms with E-state index in [0.29, 0.717) is 5.56 Å². The number of hydrogen-bond acceptors (Lipinski definition) is 8. The van der Waals surface area contributed by atoms with Crippen LogP contribution in [0.25, 0.3) is 0 Å². The highest BCUT2D eigenvalue weighted by atomic mass is 16.8. The molecular weight excluding hydrogens is 492 g/mol. The topological polar surface area (TPSA) is 116 Å². The number of rotatable bonds is 10. The second kappa shape index (κ2) is 12.1. The number of carbonyl (C=O) groups excluding carboxylic acids is 2. The molecule has 2 saturated heterocycles. The lowest BCUT2D eigenvalue weighted by Gasteiger charge is -2.37. The molecule has 0 aliphatic carbocycles. The molecule has 206 valence electrons. The summed E-state index contributed by atoms with van der Waals surface area (Å²) >= 11 is 0. The predicted molar refractivity (Wildman–Crippen MR) is 137 cm³/mol. The van der Waals surface area contributed by atoms with E-state index in [1.165, 1.54) is 12.0 Å². The van der Waals surface area contributed by atoms with Gasteiger partial charge in [0.15, 0.2) is 12.1 Å². The molecule has 2 N–H and O–H groups in total. The normalized spacial score (nSPS) is 24.4. The van der Waals surface area contributed by atoms with E-state index in [4.69, 9.17) is 23.7 Å². The third-order valence-corrected chi connectivity index (χ3v) is 6.64. The van der Waals surface area contributed by atoms with E-state index >= 15 is 0 Å². The molecule has 2 aromatic rings. The molecule has 1 unspecified atom stereocenters. The molecule has 10 heteroatoms. The van der Waals surface area contributed by atoms with Crippen molar-refractivity contribution in [1.29, 1.82) is 0 Å². The number of phenols is 1. The van der Waals surface area contributed by atoms with Crippen LogP contribution in [0.15, 0.2) is 54.6 Å². The Morgan fingerprint density at radius 1 is 1.11 bits per heavy atom. The van der Waals surface area contributed by atoms with Crippen molar-refractivity contribution < 1.29 is 38.4 Å². The van der Waals surface area contributed by atoms with Gasteiger partial charge < -0.3 is 39.0 Å². The fourth-order valence-corrected chi connectivity index (χ4v) is 4.92. The van der Waals surface area contributed by atoms with Crippen LogP contribution in [0.4, 0.5) is 4.79 Å². The van der Waals surface area contributed by atoms with Gasteiger partial charge in [-0.2, -0.15) is 0 Å². The number of methoxy groups -OCH3 is 1. The lowest BCUT2D eigenvalue weighted by Crippen LogP contribution is -2.55. The number of aromatic hydroxyl groups is 1. The van der Waals surface area contributed by atoms with Crippen LogP contribution in [0, 0.1) is 0 Å². The lowest BCUT2D eigenvalue weighted by atomic mass is 9.98. The number of amides is 2. The number of para-hydroxylation sites is 1. The number of fused-ring (bicyclic) bond motifs is 1. The summed E-state index contributed by atoms with van der Waals surface area (Å²) in [6.45, 7) is 5.76. The molecule has 4 rings (SSSR count). The Labute approximate surface area is 222 Å². The smallest absolute Gasteiger partial charge is 0.318 e. The third kappa shape index (κ3) is 6.44. The number of esters is 1. The van der Waals surface area contributed by atoms with Crippen LogP contribution in [0.1, 0.15) is 38.3 Å². The van der Waals surface area contributed by atoms with Crippen molar-refractivity contribution in [3.63, 3.8) is 0 Å². The van der Waals surface area contributed by atoms with Crippen LogP contribution in [0.5, 0.6) is 5.75 Å². The first kappa shape index (κ1) is 27.8. The van der Waals surface area contributed by atoms with E-state index < -0.39 is 48.4 Å². The van der Waals surface area contributed by atoms with Crippen molar-refractivity contribution in [2.75, 3.05) is 13.7 Å². The number of carbonyl (C=O) groups is 2. The van der Waals surface area contributed by atoms with Crippen LogP contribution in [0.2, 0.25) is 0 Å². The first-order valence-electron chi connectivity index (χ1n) is 12.8. The zero-order valence-corrected chi connectivity index (χ0v) is 22.2. The van der Waals surface area contributed by atoms with Crippen LogP contribution in [0.3, 0.4) is 0 Å². The molecule has 10 nitrogen and oxygen atoms in total. The molecule has 0 saturated carbocycles. The van der Waals surface area contributed by atoms with Gasteiger partial charge in [0.25, 0.3) is 0 Å². The Bertz CT molecular complexity index is 1100. The molecule has 0 aromatic heterocycles. The minimum Gasteiger partial charge on any atom is -0.508 e. The van der Waals surface area contributed by atoms with Crippen LogP contribution in [-0.2, 0) is 41.6 Å². The number of nitrogens with one attached hydrogen (secondary N) is 1. The molecule has 0 radical (unpaired) electrons. The average molecular weight is 529 g/mol. The molecule has 2 aliphatic heterocycles. The van der Waals surface area contributed by atoms with Gasteiger partial charge in [-0.05, 0) is 32.4 Å². The fraction of sp³-hybridized carbons (Fsp3) is 0.500. The molecule has 5 atom stereocenters. The summed E-state index contributed by atoms with van der Waals surface area (Å²) in [6, 6.07) is 15.0. The third-order valence-electron chi connectivity index (χ3n) is 6.64. The van der Waals surface area contributed by atoms with Crippen molar-refractivity contribution in [3.8, 4) is 5.75 Å². The Morgan fingerprint density at radius 2 is 1.82 bits per heavy atom. The summed E-state index contributed by atoms with van der Waals surface area (Å²) in [4.78, 5) is 28.0. The minimum atomic E-state index is -0.865. The van der Waals surface area contributed by atoms with Crippen molar-refractivity contribution >= 4 is 12.0 Å². The minimum absolute atomic E-state index is 0.0101. The van der Waals surface area contributed by atoms with E-state index in [1.807, 2.05) is 30.3 Å². The summed E-state index contributed by atoms with van der Waals surface area (Å²) < 4.78 is 29.3. The zero-order chi connectivity index (χ0) is 27.3. The van der Waals surface area contributed by atoms with E-state index in [2.05, 4.69) is 5.32 Å². The summed E-state index contributed by atoms with van der Waals surface area (Å²) in [5, 5.41) is 13.4. The van der Waals surface area contributed by atoms with Gasteiger partial charge in [0, 0.05) is 19.2 Å². The number of nitrogens with zero attached hydrogens (tertiary/aromatic N) is 1. The van der Waals surface area contributed by atoms with Crippen molar-refractivity contribution in [2.24, 2.45) is 0 Å². The number of phenolic OH excluding ortho intramolecular Hbond substituents is 1. The van der Waals surface area contributed by atoms with Gasteiger partial charge >= 0.3 is 12.0 Å². The van der Waals surface area contributed by atoms with Crippen LogP contribution in [-0.4, -0.2) is 72.2 Å². The van der Waals surface area contributed by atoms with E-state index in [9.17, 15) is 14.7 Å². The standard InChI is InChI=1S/C28H36N2O8/c1-5-35-22(32)15-20(23-24(34-4)25-26(36-23)38-28(2,3)37-25)30(17-19-13-9-10-14-21(19)31)27(33)29-16-18-11-7-6-8-12-18/h6-14,20,23-26,31H,5,15-17H2,1-4H3,(H,29,33)/t20?,23-,24+,25-,26-/m1/s1. The van der Waals surface area contributed by atoms with Gasteiger partial charge in [-0.1, -0.05) is 48.5 Å². The van der Waals surface area contributed by atoms with Gasteiger partial charge in [0.2, 0.25) is 0 Å². The SMILES string of the molecule is CCOC(=O)CC([C@H]1O[C@@H]2OC(C)(C)O[C@@H]2[C@H]1OC)N(Cc1ccccc1O)C(=O)NCc1ccccc1. The average Bonchev–Trinajstić information content (AvgIpc) is 3.37. The fourth-order valence-electron chi connectivity index (χ4n) is 4.92. The molecule has 0 bridgehead atoms. The Morgan fingerprint density at radius 3 is 2.50 bits per heavy atom. The molecule has 0 spiro atoms. The quantitative estimate of drug-likeness (QED) is 0.452. The summed E-state index contributed by atoms with van der Waals surface area (Å²) in [5.41, 5.74) is 1.42. The van der Waals surface area contributed by atoms with Gasteiger partial charge in [0.05, 0.1) is 25.6 Å². The molecule has 2 fully saturated rings. The van der Waals surface area contributed by atoms with E-state index in [-0.39, 0.29) is 31.9 Å². The molecular formula is C28H36N2O8. The lowest BCUT2D eigenvalue weighted by molar-refractivity contribution is -0.223. The largest absolute Gasteiger partial charge is 0.508 e. The highest BCUT2D eigenvalue weighted by Crippen LogP contribution is 2.41. The zero-order valence-electron chi connectivity index (χ0n) is 22.2. The van der Waals surface area contributed by atoms with Gasteiger partial charge in [0.1, 0.15) is 24.1 Å². The maximum atomic E-state index is 13.7. The van der Waals surface area contributed by atoms with Crippen molar-refractivity contribution in [2.45, 2.75) is 76.7 Å². The maximum Gasteiger partial charge on any atom is 0.318 e. The summed E-state index contributed by atoms with van der Waals surface area (Å²) in [5.74, 6) is -1.33. The van der Waals surface area contributed by atoms with Gasteiger partial charge in [-0.15, -0.1) is 0 Å². The highest BCUT2D eigenvalue weighted by molar-refractivity contribution is 5.77.